The first kappa shape index (κ1) is 108. The van der Waals surface area contributed by atoms with Crippen molar-refractivity contribution in [2.75, 3.05) is 99.2 Å². The molecule has 1 aliphatic heterocycles. The molecule has 0 atom stereocenters. The lowest BCUT2D eigenvalue weighted by atomic mass is 10.1. The van der Waals surface area contributed by atoms with Crippen molar-refractivity contribution in [2.45, 2.75) is 106 Å². The molecule has 0 saturated carbocycles. The molecule has 0 unspecified atom stereocenters. The zero-order valence-corrected chi connectivity index (χ0v) is 72.9. The number of nitrogens with two attached hydrogens (primary N) is 2. The second kappa shape index (κ2) is 56.7. The number of imidazole rings is 1. The monoisotopic (exact) mass is 1700 g/mol. The number of rotatable bonds is 17. The van der Waals surface area contributed by atoms with Gasteiger partial charge in [0.25, 0.3) is 5.69 Å². The van der Waals surface area contributed by atoms with Crippen LogP contribution in [0.25, 0.3) is 11.0 Å². The van der Waals surface area contributed by atoms with Gasteiger partial charge in [-0.15, -0.1) is 11.6 Å². The fourth-order valence-electron chi connectivity index (χ4n) is 9.68. The molecule has 10 rings (SSSR count). The number of pyridine rings is 2. The molecule has 32 nitrogen and oxygen atoms in total. The number of carboxylic acid groups (broad SMARTS) is 1. The van der Waals surface area contributed by atoms with Crippen molar-refractivity contribution in [3.8, 4) is 11.5 Å². The maximum Gasteiger partial charge on any atom is 0.338 e. The number of carbonyl (C=O) groups is 6. The first-order valence-electron chi connectivity index (χ1n) is 35.8. The number of halogens is 3. The molecule has 37 heteroatoms. The van der Waals surface area contributed by atoms with E-state index in [9.17, 15) is 67.9 Å². The summed E-state index contributed by atoms with van der Waals surface area (Å²) in [5.74, 6) is -2.86. The average molecular weight is 1700 g/mol. The number of fused-ring (bicyclic) bond motifs is 2. The number of carboxylic acids is 1. The molecule has 9 aromatic rings. The molecule has 0 saturated heterocycles. The molecule has 0 bridgehead atoms. The van der Waals surface area contributed by atoms with Crippen LogP contribution < -0.4 is 36.5 Å². The molecule has 6 aromatic carbocycles. The topological polar surface area (TPSA) is 440 Å². The molecule has 1 aliphatic rings. The quantitative estimate of drug-likeness (QED) is 0.00826. The van der Waals surface area contributed by atoms with Crippen molar-refractivity contribution < 1.29 is 90.6 Å². The van der Waals surface area contributed by atoms with E-state index in [0.717, 1.165) is 127 Å². The highest BCUT2D eigenvalue weighted by molar-refractivity contribution is 7.98. The zero-order chi connectivity index (χ0) is 91.0. The summed E-state index contributed by atoms with van der Waals surface area (Å²) in [6.45, 7) is 23.9. The minimum atomic E-state index is -1.33. The van der Waals surface area contributed by atoms with Crippen LogP contribution in [0.2, 0.25) is 0 Å². The van der Waals surface area contributed by atoms with Crippen molar-refractivity contribution in [1.29, 1.82) is 0 Å². The number of hydrogen-bond acceptors (Lipinski definition) is 28. The molecule has 118 heavy (non-hydrogen) atoms. The Morgan fingerprint density at radius 2 is 0.915 bits per heavy atom. The van der Waals surface area contributed by atoms with Gasteiger partial charge in [-0.25, -0.2) is 33.8 Å². The average Bonchev–Trinajstić information content (AvgIpc) is 1.65. The summed E-state index contributed by atoms with van der Waals surface area (Å²) in [4.78, 5) is 111. The van der Waals surface area contributed by atoms with Gasteiger partial charge in [-0.1, -0.05) is 79.4 Å². The summed E-state index contributed by atoms with van der Waals surface area (Å²) in [5, 5.41) is 46.0. The van der Waals surface area contributed by atoms with E-state index in [1.807, 2.05) is 131 Å². The van der Waals surface area contributed by atoms with Crippen molar-refractivity contribution in [2.24, 2.45) is 12.8 Å². The number of nitro benzene ring substituents is 3. The highest BCUT2D eigenvalue weighted by Gasteiger charge is 2.24. The first-order chi connectivity index (χ1) is 56.1. The molecule has 0 spiro atoms. The lowest BCUT2D eigenvalue weighted by Crippen LogP contribution is -2.18. The van der Waals surface area contributed by atoms with E-state index >= 15 is 0 Å². The molecule has 7 N–H and O–H groups in total. The van der Waals surface area contributed by atoms with Crippen LogP contribution in [0.4, 0.5) is 48.6 Å². The van der Waals surface area contributed by atoms with Crippen LogP contribution in [0.3, 0.4) is 0 Å². The van der Waals surface area contributed by atoms with Gasteiger partial charge in [-0.2, -0.15) is 8.78 Å². The Labute approximate surface area is 699 Å². The Hall–Kier alpha value is -12.5. The number of methoxy groups -OCH3 is 7. The number of nitro groups is 3. The number of anilines is 4. The third kappa shape index (κ3) is 31.9. The highest BCUT2D eigenvalue weighted by atomic mass is 35.5. The Morgan fingerprint density at radius 1 is 0.551 bits per heavy atom. The van der Waals surface area contributed by atoms with Crippen LogP contribution >= 0.6 is 35.6 Å². The van der Waals surface area contributed by atoms with Gasteiger partial charge in [0.2, 0.25) is 11.6 Å². The first-order valence-corrected chi connectivity index (χ1v) is 37.8. The summed E-state index contributed by atoms with van der Waals surface area (Å²) in [6.07, 6.45) is 4.34. The highest BCUT2D eigenvalue weighted by Crippen LogP contribution is 2.33. The molecule has 0 amide bonds. The number of nitrogens with zero attached hydrogens (tertiary/aromatic N) is 8. The van der Waals surface area contributed by atoms with Gasteiger partial charge in [0, 0.05) is 98.9 Å². The summed E-state index contributed by atoms with van der Waals surface area (Å²) in [5.41, 5.74) is 21.3. The maximum absolute atomic E-state index is 12.8. The number of aryl methyl sites for hydroxylation is 3. The summed E-state index contributed by atoms with van der Waals surface area (Å²) in [7, 11) is 18.5. The Morgan fingerprint density at radius 3 is 1.32 bits per heavy atom. The third-order valence-electron chi connectivity index (χ3n) is 15.4. The van der Waals surface area contributed by atoms with Crippen LogP contribution in [0.1, 0.15) is 157 Å². The third-order valence-corrected chi connectivity index (χ3v) is 17.1. The smallest absolute Gasteiger partial charge is 0.338 e. The van der Waals surface area contributed by atoms with E-state index < -0.39 is 55.7 Å². The van der Waals surface area contributed by atoms with E-state index in [4.69, 9.17) is 48.9 Å². The fraction of sp³-hybridized carbons (Fsp3) is 0.333. The number of esters is 5. The maximum atomic E-state index is 12.8. The standard InChI is InChI=1S/C19H21N3O3S.C11H11NO2S.C9H12ClNO.C9H10N2O4.C9H12N2O2.C8H6FNO4.C7H4FNO4.4C2H6.CH5N/c1-11-9-20-15(12(2)17(11)24-4)10-26-19-21-14-8-13(18(23)25-5)6-7-16(14)22(19)3;1-12-9-4-3-7(11(13)14-2)5-8(9)6-10(12)15;1-6-5-11-8(4-10)7(2)9(6)12-3;1-10-7-4-3-6(9(12)15-2)5-8(7)11(13)14;1-11-8-4-3-6(5-7(8)10)9(12)13-2;1-14-8(11)5-2-3-6(9)7(4-5)10(12)13;8-5-2-1-4(7(10)11)3-6(5)9(12)13;5*1-2/h6-9H,10H2,1-5H3;3-5H,6H2,1-2H3;5H,4H2,1-3H3;3-5,10H,1-2H3;3-5,11H,10H2,1-2H3;2-4H,1H3;1-3H,(H,10,11);4*1-2H3;2H2,1H3. The van der Waals surface area contributed by atoms with Gasteiger partial charge in [-0.3, -0.25) is 40.3 Å². The normalized spacial score (nSPS) is 9.90. The molecule has 642 valence electrons. The number of nitrogens with one attached hydrogen (secondary N) is 2. The van der Waals surface area contributed by atoms with Gasteiger partial charge in [0.1, 0.15) is 17.2 Å². The van der Waals surface area contributed by atoms with Gasteiger partial charge in [0.15, 0.2) is 5.16 Å². The van der Waals surface area contributed by atoms with Gasteiger partial charge in [-0.05, 0) is 131 Å². The number of aromatic carboxylic acids is 1. The van der Waals surface area contributed by atoms with E-state index in [1.54, 1.807) is 82.7 Å². The van der Waals surface area contributed by atoms with Gasteiger partial charge < -0.3 is 69.8 Å². The molecule has 0 aliphatic carbocycles. The van der Waals surface area contributed by atoms with E-state index in [2.05, 4.69) is 50.3 Å². The number of ether oxygens (including phenoxy) is 7. The number of thioether (sulfide) groups is 1. The number of alkyl halides is 1. The van der Waals surface area contributed by atoms with E-state index in [-0.39, 0.29) is 40.3 Å². The number of thiocarbonyl (C=S) groups is 1. The fourth-order valence-corrected chi connectivity index (χ4v) is 11.2. The zero-order valence-electron chi connectivity index (χ0n) is 70.6. The van der Waals surface area contributed by atoms with Crippen molar-refractivity contribution >= 4 is 127 Å². The number of likely N-dealkylation sites (N-methyl/N-ethyl adjacent to an activating group) is 1. The number of hydrogen-bond donors (Lipinski definition) is 5. The second-order valence-electron chi connectivity index (χ2n) is 22.0. The van der Waals surface area contributed by atoms with Gasteiger partial charge in [0.05, 0.1) is 143 Å². The summed E-state index contributed by atoms with van der Waals surface area (Å²) >= 11 is 12.5. The van der Waals surface area contributed by atoms with Gasteiger partial charge >= 0.3 is 47.2 Å². The molecular formula is C81H105ClF2N12O20S2. The van der Waals surface area contributed by atoms with Crippen LogP contribution in [0, 0.1) is 69.7 Å². The number of nitrogen functional groups attached to an aromatic ring is 1. The SMILES string of the molecule is CC.CC.CC.CC.CN.CNc1ccc(C(=O)OC)cc1N.CNc1ccc(C(=O)OC)cc1[N+](=O)[O-].COC(=O)c1ccc(F)c([N+](=O)[O-])c1.COC(=O)c1ccc2c(c1)CC(=S)N2C.COC(=O)c1ccc2c(c1)nc(SCc1ncc(C)c(OC)c1C)n2C.COc1c(C)cnc(CCl)c1C.O=C(O)c1ccc(F)c([N+](=O)[O-])c1. The van der Waals surface area contributed by atoms with Crippen molar-refractivity contribution in [3.63, 3.8) is 0 Å². The predicted molar refractivity (Wildman–Crippen MR) is 460 cm³/mol. The van der Waals surface area contributed by atoms with Crippen LogP contribution in [-0.4, -0.2) is 158 Å². The predicted octanol–water partition coefficient (Wildman–Crippen LogP) is 17.1. The lowest BCUT2D eigenvalue weighted by Gasteiger charge is -2.11. The van der Waals surface area contributed by atoms with Crippen molar-refractivity contribution in [3.05, 3.63) is 236 Å². The van der Waals surface area contributed by atoms with Crippen LogP contribution in [-0.2, 0) is 48.8 Å². The molecule has 0 radical (unpaired) electrons. The molecule has 4 heterocycles. The summed E-state index contributed by atoms with van der Waals surface area (Å²) < 4.78 is 60.9. The van der Waals surface area contributed by atoms with E-state index in [1.165, 1.54) is 53.7 Å². The molecule has 3 aromatic heterocycles. The van der Waals surface area contributed by atoms with Crippen LogP contribution in [0.5, 0.6) is 11.5 Å². The lowest BCUT2D eigenvalue weighted by molar-refractivity contribution is -0.387. The van der Waals surface area contributed by atoms with Crippen LogP contribution in [0.15, 0.2) is 127 Å². The Bertz CT molecular complexity index is 4850. The minimum Gasteiger partial charge on any atom is -0.496 e. The van der Waals surface area contributed by atoms with Crippen molar-refractivity contribution in [1.82, 2.24) is 19.5 Å². The Kier molecular flexibility index (Phi) is 51.6. The minimum absolute atomic E-state index is 0.0550. The summed E-state index contributed by atoms with van der Waals surface area (Å²) in [6, 6.07) is 25.2. The number of carbonyl (C=O) groups excluding carboxylic acids is 5. The Balaban J connectivity index is 0. The number of aromatic nitrogens is 4. The second-order valence-corrected chi connectivity index (χ2v) is 23.7. The van der Waals surface area contributed by atoms with E-state index in [0.29, 0.717) is 45.8 Å². The molecular weight excluding hydrogens is 1600 g/mol. The number of benzene rings is 6. The molecule has 0 fully saturated rings. The largest absolute Gasteiger partial charge is 0.496 e.